The fraction of sp³-hybridized carbons (Fsp3) is 0.500. The SMILES string of the molecule is CCOC(CC)C(O)c1ccc(Br)c(Cl)c1F. The van der Waals surface area contributed by atoms with Crippen molar-refractivity contribution in [3.63, 3.8) is 0 Å². The van der Waals surface area contributed by atoms with Crippen molar-refractivity contribution in [1.29, 1.82) is 0 Å². The maximum atomic E-state index is 13.9. The molecule has 96 valence electrons. The Morgan fingerprint density at radius 2 is 2.12 bits per heavy atom. The lowest BCUT2D eigenvalue weighted by atomic mass is 10.0. The minimum atomic E-state index is -1.01. The molecule has 1 rings (SSSR count). The highest BCUT2D eigenvalue weighted by Crippen LogP contribution is 2.32. The molecule has 1 aromatic rings. The zero-order valence-electron chi connectivity index (χ0n) is 9.71. The van der Waals surface area contributed by atoms with Gasteiger partial charge in [-0.3, -0.25) is 0 Å². The summed E-state index contributed by atoms with van der Waals surface area (Å²) < 4.78 is 19.7. The standard InChI is InChI=1S/C12H15BrClFO2/c1-3-9(17-4-2)12(16)7-5-6-8(13)10(14)11(7)15/h5-6,9,12,16H,3-4H2,1-2H3. The van der Waals surface area contributed by atoms with Crippen LogP contribution in [0, 0.1) is 5.82 Å². The van der Waals surface area contributed by atoms with Gasteiger partial charge in [0.25, 0.3) is 0 Å². The van der Waals surface area contributed by atoms with Gasteiger partial charge in [-0.1, -0.05) is 24.6 Å². The van der Waals surface area contributed by atoms with Gasteiger partial charge < -0.3 is 9.84 Å². The van der Waals surface area contributed by atoms with Crippen molar-refractivity contribution in [3.8, 4) is 0 Å². The van der Waals surface area contributed by atoms with E-state index >= 15 is 0 Å². The summed E-state index contributed by atoms with van der Waals surface area (Å²) in [6.45, 7) is 4.18. The van der Waals surface area contributed by atoms with Crippen LogP contribution >= 0.6 is 27.5 Å². The Morgan fingerprint density at radius 3 is 2.65 bits per heavy atom. The highest BCUT2D eigenvalue weighted by atomic mass is 79.9. The maximum Gasteiger partial charge on any atom is 0.148 e. The van der Waals surface area contributed by atoms with Gasteiger partial charge in [0, 0.05) is 16.6 Å². The summed E-state index contributed by atoms with van der Waals surface area (Å²) in [6.07, 6.45) is -0.834. The average Bonchev–Trinajstić information content (AvgIpc) is 2.32. The topological polar surface area (TPSA) is 29.5 Å². The molecular formula is C12H15BrClFO2. The van der Waals surface area contributed by atoms with E-state index in [-0.39, 0.29) is 10.6 Å². The van der Waals surface area contributed by atoms with Crippen LogP contribution in [0.15, 0.2) is 16.6 Å². The molecule has 0 bridgehead atoms. The molecule has 17 heavy (non-hydrogen) atoms. The molecule has 1 N–H and O–H groups in total. The molecule has 2 atom stereocenters. The van der Waals surface area contributed by atoms with Gasteiger partial charge in [0.2, 0.25) is 0 Å². The van der Waals surface area contributed by atoms with E-state index in [9.17, 15) is 9.50 Å². The summed E-state index contributed by atoms with van der Waals surface area (Å²) in [4.78, 5) is 0. The predicted molar refractivity (Wildman–Crippen MR) is 69.8 cm³/mol. The first kappa shape index (κ1) is 14.9. The summed E-state index contributed by atoms with van der Waals surface area (Å²) in [5.74, 6) is -0.605. The summed E-state index contributed by atoms with van der Waals surface area (Å²) in [7, 11) is 0. The minimum Gasteiger partial charge on any atom is -0.386 e. The zero-order valence-corrected chi connectivity index (χ0v) is 12.1. The Labute approximate surface area is 114 Å². The monoisotopic (exact) mass is 324 g/mol. The van der Waals surface area contributed by atoms with Crippen LogP contribution in [-0.2, 0) is 4.74 Å². The average molecular weight is 326 g/mol. The molecule has 1 aromatic carbocycles. The quantitative estimate of drug-likeness (QED) is 0.826. The molecule has 0 heterocycles. The van der Waals surface area contributed by atoms with Crippen molar-refractivity contribution in [1.82, 2.24) is 0 Å². The second kappa shape index (κ2) is 6.69. The molecule has 0 amide bonds. The molecule has 0 aliphatic rings. The first-order valence-corrected chi connectivity index (χ1v) is 6.63. The van der Waals surface area contributed by atoms with Crippen molar-refractivity contribution < 1.29 is 14.2 Å². The molecular weight excluding hydrogens is 310 g/mol. The predicted octanol–water partition coefficient (Wildman–Crippen LogP) is 4.09. The number of hydrogen-bond acceptors (Lipinski definition) is 2. The second-order valence-corrected chi connectivity index (χ2v) is 4.84. The van der Waals surface area contributed by atoms with Crippen molar-refractivity contribution in [2.75, 3.05) is 6.61 Å². The van der Waals surface area contributed by atoms with Crippen molar-refractivity contribution in [2.45, 2.75) is 32.5 Å². The Morgan fingerprint density at radius 1 is 1.47 bits per heavy atom. The smallest absolute Gasteiger partial charge is 0.148 e. The van der Waals surface area contributed by atoms with E-state index in [2.05, 4.69) is 15.9 Å². The van der Waals surface area contributed by atoms with Crippen LogP contribution in [0.4, 0.5) is 4.39 Å². The number of aliphatic hydroxyl groups excluding tert-OH is 1. The van der Waals surface area contributed by atoms with E-state index in [0.717, 1.165) is 0 Å². The van der Waals surface area contributed by atoms with Crippen LogP contribution in [0.2, 0.25) is 5.02 Å². The molecule has 2 nitrogen and oxygen atoms in total. The van der Waals surface area contributed by atoms with E-state index in [1.165, 1.54) is 6.07 Å². The summed E-state index contributed by atoms with van der Waals surface area (Å²) in [6, 6.07) is 3.13. The van der Waals surface area contributed by atoms with Crippen LogP contribution in [0.3, 0.4) is 0 Å². The number of aliphatic hydroxyl groups is 1. The van der Waals surface area contributed by atoms with Gasteiger partial charge in [0.15, 0.2) is 0 Å². The van der Waals surface area contributed by atoms with Crippen LogP contribution in [-0.4, -0.2) is 17.8 Å². The van der Waals surface area contributed by atoms with Crippen LogP contribution in [0.1, 0.15) is 31.9 Å². The van der Waals surface area contributed by atoms with Gasteiger partial charge in [-0.15, -0.1) is 0 Å². The van der Waals surface area contributed by atoms with E-state index < -0.39 is 18.0 Å². The maximum absolute atomic E-state index is 13.9. The fourth-order valence-electron chi connectivity index (χ4n) is 1.62. The van der Waals surface area contributed by atoms with Gasteiger partial charge in [0.1, 0.15) is 11.9 Å². The zero-order chi connectivity index (χ0) is 13.0. The molecule has 0 saturated heterocycles. The first-order chi connectivity index (χ1) is 8.02. The molecule has 0 aliphatic carbocycles. The molecule has 2 unspecified atom stereocenters. The fourth-order valence-corrected chi connectivity index (χ4v) is 2.09. The van der Waals surface area contributed by atoms with E-state index in [1.807, 2.05) is 13.8 Å². The van der Waals surface area contributed by atoms with Gasteiger partial charge in [-0.05, 0) is 35.3 Å². The summed E-state index contributed by atoms with van der Waals surface area (Å²) in [5.41, 5.74) is 0.165. The van der Waals surface area contributed by atoms with E-state index in [4.69, 9.17) is 16.3 Å². The Hall–Kier alpha value is -0.160. The minimum absolute atomic E-state index is 0.0205. The van der Waals surface area contributed by atoms with Crippen LogP contribution in [0.25, 0.3) is 0 Å². The highest BCUT2D eigenvalue weighted by Gasteiger charge is 2.24. The van der Waals surface area contributed by atoms with Gasteiger partial charge in [-0.25, -0.2) is 4.39 Å². The number of hydrogen-bond donors (Lipinski definition) is 1. The van der Waals surface area contributed by atoms with Crippen molar-refractivity contribution in [3.05, 3.63) is 33.0 Å². The van der Waals surface area contributed by atoms with Crippen molar-refractivity contribution in [2.24, 2.45) is 0 Å². The molecule has 0 aromatic heterocycles. The Bertz CT molecular complexity index is 387. The Balaban J connectivity index is 3.03. The lowest BCUT2D eigenvalue weighted by Crippen LogP contribution is -2.22. The lowest BCUT2D eigenvalue weighted by molar-refractivity contribution is -0.0369. The largest absolute Gasteiger partial charge is 0.386 e. The molecule has 0 radical (unpaired) electrons. The number of rotatable bonds is 5. The Kier molecular flexibility index (Phi) is 5.86. The van der Waals surface area contributed by atoms with Gasteiger partial charge in [-0.2, -0.15) is 0 Å². The summed E-state index contributed by atoms with van der Waals surface area (Å²) in [5, 5.41) is 10.0. The van der Waals surface area contributed by atoms with Crippen LogP contribution < -0.4 is 0 Å². The van der Waals surface area contributed by atoms with E-state index in [0.29, 0.717) is 17.5 Å². The third-order valence-corrected chi connectivity index (χ3v) is 3.78. The highest BCUT2D eigenvalue weighted by molar-refractivity contribution is 9.10. The number of ether oxygens (including phenoxy) is 1. The third-order valence-electron chi connectivity index (χ3n) is 2.52. The van der Waals surface area contributed by atoms with Crippen molar-refractivity contribution >= 4 is 27.5 Å². The van der Waals surface area contributed by atoms with Gasteiger partial charge in [0.05, 0.1) is 11.1 Å². The van der Waals surface area contributed by atoms with Crippen LogP contribution in [0.5, 0.6) is 0 Å². The lowest BCUT2D eigenvalue weighted by Gasteiger charge is -2.22. The second-order valence-electron chi connectivity index (χ2n) is 3.61. The first-order valence-electron chi connectivity index (χ1n) is 5.45. The molecule has 0 saturated carbocycles. The number of halogens is 3. The summed E-state index contributed by atoms with van der Waals surface area (Å²) >= 11 is 8.91. The normalized spacial score (nSPS) is 14.7. The molecule has 0 aliphatic heterocycles. The molecule has 0 spiro atoms. The van der Waals surface area contributed by atoms with E-state index in [1.54, 1.807) is 6.07 Å². The third kappa shape index (κ3) is 3.41. The number of benzene rings is 1. The molecule has 0 fully saturated rings. The van der Waals surface area contributed by atoms with Gasteiger partial charge >= 0.3 is 0 Å². The molecule has 5 heteroatoms.